The van der Waals surface area contributed by atoms with Crippen LogP contribution in [0.4, 0.5) is 4.39 Å². The molecular formula is C12H13FN2O2. The maximum absolute atomic E-state index is 13.1. The van der Waals surface area contributed by atoms with E-state index in [2.05, 4.69) is 4.98 Å². The van der Waals surface area contributed by atoms with Crippen molar-refractivity contribution in [2.24, 2.45) is 0 Å². The Morgan fingerprint density at radius 3 is 3.06 bits per heavy atom. The van der Waals surface area contributed by atoms with Crippen molar-refractivity contribution in [2.75, 3.05) is 13.2 Å². The Kier molecular flexibility index (Phi) is 3.49. The molecule has 0 aromatic carbocycles. The highest BCUT2D eigenvalue weighted by Gasteiger charge is 2.05. The molecule has 5 heteroatoms. The molecule has 0 bridgehead atoms. The molecule has 17 heavy (non-hydrogen) atoms. The van der Waals surface area contributed by atoms with Crippen LogP contribution in [0.25, 0.3) is 11.0 Å². The third-order valence-corrected chi connectivity index (χ3v) is 2.47. The molecule has 0 radical (unpaired) electrons. The minimum atomic E-state index is -0.451. The second kappa shape index (κ2) is 5.05. The molecule has 0 saturated carbocycles. The number of hydrogen-bond donors (Lipinski definition) is 0. The first-order chi connectivity index (χ1) is 8.22. The van der Waals surface area contributed by atoms with Gasteiger partial charge in [-0.3, -0.25) is 9.78 Å². The third-order valence-electron chi connectivity index (χ3n) is 2.47. The quantitative estimate of drug-likeness (QED) is 0.757. The van der Waals surface area contributed by atoms with Crippen molar-refractivity contribution in [3.63, 3.8) is 0 Å². The van der Waals surface area contributed by atoms with E-state index in [4.69, 9.17) is 4.74 Å². The first-order valence-corrected chi connectivity index (χ1v) is 5.45. The van der Waals surface area contributed by atoms with E-state index in [1.165, 1.54) is 16.7 Å². The van der Waals surface area contributed by atoms with Crippen LogP contribution in [0.15, 0.2) is 29.2 Å². The molecule has 2 rings (SSSR count). The maximum atomic E-state index is 13.1. The van der Waals surface area contributed by atoms with Crippen LogP contribution in [-0.4, -0.2) is 22.8 Å². The second-order valence-corrected chi connectivity index (χ2v) is 3.58. The number of aromatic nitrogens is 2. The van der Waals surface area contributed by atoms with Crippen molar-refractivity contribution in [2.45, 2.75) is 13.5 Å². The summed E-state index contributed by atoms with van der Waals surface area (Å²) in [4.78, 5) is 15.6. The zero-order valence-corrected chi connectivity index (χ0v) is 9.52. The average molecular weight is 236 g/mol. The highest BCUT2D eigenvalue weighted by Crippen LogP contribution is 2.10. The van der Waals surface area contributed by atoms with Crippen molar-refractivity contribution in [1.82, 2.24) is 9.55 Å². The fraction of sp³-hybridized carbons (Fsp3) is 0.333. The summed E-state index contributed by atoms with van der Waals surface area (Å²) in [5.74, 6) is -0.451. The predicted octanol–water partition coefficient (Wildman–Crippen LogP) is 1.57. The van der Waals surface area contributed by atoms with E-state index in [-0.39, 0.29) is 5.56 Å². The van der Waals surface area contributed by atoms with Crippen LogP contribution in [-0.2, 0) is 11.3 Å². The van der Waals surface area contributed by atoms with E-state index in [1.807, 2.05) is 6.92 Å². The topological polar surface area (TPSA) is 44.1 Å². The van der Waals surface area contributed by atoms with Gasteiger partial charge in [0.05, 0.1) is 23.8 Å². The zero-order valence-electron chi connectivity index (χ0n) is 9.52. The SMILES string of the molecule is CCOCCn1c(=O)ccc2ncc(F)cc21. The molecule has 0 aliphatic carbocycles. The molecule has 0 saturated heterocycles. The van der Waals surface area contributed by atoms with Gasteiger partial charge in [-0.1, -0.05) is 0 Å². The fourth-order valence-corrected chi connectivity index (χ4v) is 1.67. The van der Waals surface area contributed by atoms with Gasteiger partial charge >= 0.3 is 0 Å². The van der Waals surface area contributed by atoms with E-state index >= 15 is 0 Å². The summed E-state index contributed by atoms with van der Waals surface area (Å²) in [7, 11) is 0. The summed E-state index contributed by atoms with van der Waals surface area (Å²) >= 11 is 0. The van der Waals surface area contributed by atoms with Gasteiger partial charge in [0.1, 0.15) is 5.82 Å². The van der Waals surface area contributed by atoms with Gasteiger partial charge < -0.3 is 9.30 Å². The van der Waals surface area contributed by atoms with Crippen LogP contribution in [0.5, 0.6) is 0 Å². The Balaban J connectivity index is 2.47. The summed E-state index contributed by atoms with van der Waals surface area (Å²) in [5.41, 5.74) is 0.921. The minimum absolute atomic E-state index is 0.176. The fourth-order valence-electron chi connectivity index (χ4n) is 1.67. The lowest BCUT2D eigenvalue weighted by Crippen LogP contribution is -2.22. The largest absolute Gasteiger partial charge is 0.380 e. The van der Waals surface area contributed by atoms with Gasteiger partial charge in [-0.05, 0) is 13.0 Å². The summed E-state index contributed by atoms with van der Waals surface area (Å²) in [6, 6.07) is 4.34. The number of ether oxygens (including phenoxy) is 1. The van der Waals surface area contributed by atoms with Gasteiger partial charge in [0.25, 0.3) is 5.56 Å². The molecular weight excluding hydrogens is 223 g/mol. The van der Waals surface area contributed by atoms with Crippen molar-refractivity contribution in [3.8, 4) is 0 Å². The average Bonchev–Trinajstić information content (AvgIpc) is 2.32. The summed E-state index contributed by atoms with van der Waals surface area (Å²) in [6.07, 6.45) is 1.14. The molecule has 0 fully saturated rings. The first kappa shape index (κ1) is 11.7. The molecule has 0 N–H and O–H groups in total. The molecule has 4 nitrogen and oxygen atoms in total. The summed E-state index contributed by atoms with van der Waals surface area (Å²) < 4.78 is 19.8. The smallest absolute Gasteiger partial charge is 0.251 e. The third kappa shape index (κ3) is 2.50. The molecule has 0 amide bonds. The highest BCUT2D eigenvalue weighted by molar-refractivity contribution is 5.74. The van der Waals surface area contributed by atoms with E-state index in [9.17, 15) is 9.18 Å². The van der Waals surface area contributed by atoms with E-state index in [0.29, 0.717) is 30.8 Å². The highest BCUT2D eigenvalue weighted by atomic mass is 19.1. The van der Waals surface area contributed by atoms with Crippen LogP contribution < -0.4 is 5.56 Å². The predicted molar refractivity (Wildman–Crippen MR) is 62.5 cm³/mol. The molecule has 0 aliphatic rings. The van der Waals surface area contributed by atoms with Crippen molar-refractivity contribution in [3.05, 3.63) is 40.6 Å². The normalized spacial score (nSPS) is 10.9. The summed E-state index contributed by atoms with van der Waals surface area (Å²) in [6.45, 7) is 3.29. The number of halogens is 1. The Labute approximate surface area is 97.7 Å². The number of rotatable bonds is 4. The van der Waals surface area contributed by atoms with Crippen LogP contribution >= 0.6 is 0 Å². The number of pyridine rings is 2. The van der Waals surface area contributed by atoms with Crippen LogP contribution in [0, 0.1) is 5.82 Å². The molecule has 0 spiro atoms. The van der Waals surface area contributed by atoms with E-state index in [0.717, 1.165) is 6.20 Å². The van der Waals surface area contributed by atoms with Crippen molar-refractivity contribution < 1.29 is 9.13 Å². The monoisotopic (exact) mass is 236 g/mol. The summed E-state index contributed by atoms with van der Waals surface area (Å²) in [5, 5.41) is 0. The Bertz CT molecular complexity index is 580. The molecule has 0 unspecified atom stereocenters. The van der Waals surface area contributed by atoms with Crippen molar-refractivity contribution >= 4 is 11.0 Å². The van der Waals surface area contributed by atoms with Crippen LogP contribution in [0.1, 0.15) is 6.92 Å². The van der Waals surface area contributed by atoms with E-state index < -0.39 is 5.82 Å². The van der Waals surface area contributed by atoms with E-state index in [1.54, 1.807) is 6.07 Å². The lowest BCUT2D eigenvalue weighted by molar-refractivity contribution is 0.139. The van der Waals surface area contributed by atoms with Gasteiger partial charge in [0.2, 0.25) is 0 Å². The molecule has 0 aliphatic heterocycles. The standard InChI is InChI=1S/C12H13FN2O2/c1-2-17-6-5-15-11-7-9(13)8-14-10(11)3-4-12(15)16/h3-4,7-8H,2,5-6H2,1H3. The number of hydrogen-bond acceptors (Lipinski definition) is 3. The van der Waals surface area contributed by atoms with Gasteiger partial charge in [0.15, 0.2) is 0 Å². The molecule has 2 heterocycles. The maximum Gasteiger partial charge on any atom is 0.251 e. The lowest BCUT2D eigenvalue weighted by atomic mass is 10.3. The lowest BCUT2D eigenvalue weighted by Gasteiger charge is -2.09. The molecule has 90 valence electrons. The van der Waals surface area contributed by atoms with Crippen LogP contribution in [0.3, 0.4) is 0 Å². The molecule has 2 aromatic heterocycles. The van der Waals surface area contributed by atoms with Crippen molar-refractivity contribution in [1.29, 1.82) is 0 Å². The van der Waals surface area contributed by atoms with Gasteiger partial charge in [0, 0.05) is 25.3 Å². The minimum Gasteiger partial charge on any atom is -0.380 e. The molecule has 0 atom stereocenters. The van der Waals surface area contributed by atoms with Gasteiger partial charge in [-0.15, -0.1) is 0 Å². The Morgan fingerprint density at radius 2 is 2.29 bits per heavy atom. The number of nitrogens with zero attached hydrogens (tertiary/aromatic N) is 2. The number of fused-ring (bicyclic) bond motifs is 1. The van der Waals surface area contributed by atoms with Gasteiger partial charge in [-0.2, -0.15) is 0 Å². The Hall–Kier alpha value is -1.75. The van der Waals surface area contributed by atoms with Crippen LogP contribution in [0.2, 0.25) is 0 Å². The van der Waals surface area contributed by atoms with Gasteiger partial charge in [-0.25, -0.2) is 4.39 Å². The second-order valence-electron chi connectivity index (χ2n) is 3.58. The first-order valence-electron chi connectivity index (χ1n) is 5.45. The molecule has 2 aromatic rings. The zero-order chi connectivity index (χ0) is 12.3. The Morgan fingerprint density at radius 1 is 1.47 bits per heavy atom.